The number of aryl methyl sites for hydroxylation is 1. The van der Waals surface area contributed by atoms with Crippen molar-refractivity contribution in [2.75, 3.05) is 13.2 Å². The second-order valence-electron chi connectivity index (χ2n) is 8.76. The molecule has 9 heteroatoms. The van der Waals surface area contributed by atoms with Gasteiger partial charge in [-0.3, -0.25) is 14.3 Å². The monoisotopic (exact) mass is 534 g/mol. The van der Waals surface area contributed by atoms with Gasteiger partial charge in [-0.05, 0) is 54.8 Å². The predicted octanol–water partition coefficient (Wildman–Crippen LogP) is 6.41. The van der Waals surface area contributed by atoms with Gasteiger partial charge in [0.15, 0.2) is 11.8 Å². The summed E-state index contributed by atoms with van der Waals surface area (Å²) in [4.78, 5) is 13.9. The van der Waals surface area contributed by atoms with Crippen LogP contribution in [0.1, 0.15) is 48.9 Å². The summed E-state index contributed by atoms with van der Waals surface area (Å²) in [6.45, 7) is 5.93. The molecule has 3 N–H and O–H groups in total. The van der Waals surface area contributed by atoms with Gasteiger partial charge in [-0.1, -0.05) is 54.7 Å². The Labute approximate surface area is 221 Å². The Morgan fingerprint density at radius 1 is 1.06 bits per heavy atom. The lowest BCUT2D eigenvalue weighted by Gasteiger charge is -2.32. The number of hydrogen-bond donors (Lipinski definition) is 3. The average molecular weight is 535 g/mol. The highest BCUT2D eigenvalue weighted by molar-refractivity contribution is 6.42. The first-order chi connectivity index (χ1) is 17.2. The van der Waals surface area contributed by atoms with E-state index in [0.29, 0.717) is 28.9 Å². The zero-order valence-electron chi connectivity index (χ0n) is 20.5. The number of carboxylic acids is 1. The fourth-order valence-corrected chi connectivity index (χ4v) is 4.48. The van der Waals surface area contributed by atoms with Crippen molar-refractivity contribution in [3.63, 3.8) is 0 Å². The van der Waals surface area contributed by atoms with Gasteiger partial charge in [0, 0.05) is 24.7 Å². The largest absolute Gasteiger partial charge is 0.494 e. The smallest absolute Gasteiger partial charge is 0.305 e. The summed E-state index contributed by atoms with van der Waals surface area (Å²) >= 11 is 12.3. The molecule has 0 aliphatic heterocycles. The lowest BCUT2D eigenvalue weighted by molar-refractivity contribution is -0.138. The number of halogens is 2. The fraction of sp³-hybridized carbons (Fsp3) is 0.370. The van der Waals surface area contributed by atoms with Crippen LogP contribution in [0.15, 0.2) is 48.5 Å². The molecule has 194 valence electrons. The quantitative estimate of drug-likeness (QED) is 0.234. The van der Waals surface area contributed by atoms with Crippen LogP contribution >= 0.6 is 23.2 Å². The Balaban J connectivity index is 1.76. The van der Waals surface area contributed by atoms with Gasteiger partial charge in [-0.25, -0.2) is 0 Å². The molecule has 0 bridgehead atoms. The summed E-state index contributed by atoms with van der Waals surface area (Å²) in [5.41, 5.74) is 2.79. The van der Waals surface area contributed by atoms with Crippen molar-refractivity contribution in [3.8, 4) is 17.5 Å². The van der Waals surface area contributed by atoms with Crippen LogP contribution in [0.3, 0.4) is 0 Å². The van der Waals surface area contributed by atoms with Crippen LogP contribution < -0.4 is 4.74 Å². The number of aromatic hydroxyl groups is 2. The molecule has 0 fully saturated rings. The maximum absolute atomic E-state index is 11.8. The van der Waals surface area contributed by atoms with Crippen molar-refractivity contribution in [2.45, 2.75) is 52.2 Å². The van der Waals surface area contributed by atoms with E-state index in [2.05, 4.69) is 11.8 Å². The number of benzene rings is 2. The fourth-order valence-electron chi connectivity index (χ4n) is 4.18. The summed E-state index contributed by atoms with van der Waals surface area (Å²) in [6, 6.07) is 13.7. The molecule has 0 aliphatic carbocycles. The Kier molecular flexibility index (Phi) is 9.93. The van der Waals surface area contributed by atoms with Crippen LogP contribution in [0.4, 0.5) is 0 Å². The second kappa shape index (κ2) is 12.9. The zero-order chi connectivity index (χ0) is 26.2. The molecule has 1 heterocycles. The Morgan fingerprint density at radius 2 is 1.78 bits per heavy atom. The van der Waals surface area contributed by atoms with Crippen molar-refractivity contribution in [3.05, 3.63) is 75.3 Å². The van der Waals surface area contributed by atoms with Crippen LogP contribution in [0.2, 0.25) is 10.0 Å². The number of nitrogens with zero attached hydrogens (tertiary/aromatic N) is 2. The summed E-state index contributed by atoms with van der Waals surface area (Å²) in [6.07, 6.45) is 1.85. The number of carbonyl (C=O) groups is 1. The van der Waals surface area contributed by atoms with Gasteiger partial charge in [-0.15, -0.1) is 0 Å². The van der Waals surface area contributed by atoms with Crippen LogP contribution in [0, 0.1) is 6.92 Å². The number of unbranched alkanes of at least 4 members (excludes halogenated alkanes) is 1. The highest BCUT2D eigenvalue weighted by Gasteiger charge is 2.24. The topological polar surface area (TPSA) is 95.2 Å². The minimum atomic E-state index is -0.882. The van der Waals surface area contributed by atoms with E-state index < -0.39 is 5.97 Å². The third-order valence-corrected chi connectivity index (χ3v) is 6.81. The Bertz CT molecular complexity index is 1160. The molecule has 3 rings (SSSR count). The molecule has 36 heavy (non-hydrogen) atoms. The van der Waals surface area contributed by atoms with Crippen LogP contribution in [0.5, 0.6) is 17.5 Å². The first kappa shape index (κ1) is 27.7. The number of aliphatic carboxylic acids is 1. The molecule has 0 aliphatic rings. The Morgan fingerprint density at radius 3 is 2.39 bits per heavy atom. The molecule has 0 spiro atoms. The molecule has 1 atom stereocenters. The maximum Gasteiger partial charge on any atom is 0.305 e. The van der Waals surface area contributed by atoms with Crippen LogP contribution in [0.25, 0.3) is 0 Å². The molecule has 3 aromatic rings. The zero-order valence-corrected chi connectivity index (χ0v) is 22.0. The van der Waals surface area contributed by atoms with Gasteiger partial charge in [0.05, 0.1) is 23.0 Å². The molecular weight excluding hydrogens is 503 g/mol. The minimum Gasteiger partial charge on any atom is -0.494 e. The lowest BCUT2D eigenvalue weighted by Crippen LogP contribution is -2.31. The third kappa shape index (κ3) is 7.32. The highest BCUT2D eigenvalue weighted by atomic mass is 35.5. The van der Waals surface area contributed by atoms with Crippen molar-refractivity contribution in [1.82, 2.24) is 9.47 Å². The van der Waals surface area contributed by atoms with Gasteiger partial charge in [0.2, 0.25) is 0 Å². The molecule has 1 unspecified atom stereocenters. The minimum absolute atomic E-state index is 0.0202. The van der Waals surface area contributed by atoms with E-state index in [-0.39, 0.29) is 30.8 Å². The number of hydrogen-bond acceptors (Lipinski definition) is 5. The van der Waals surface area contributed by atoms with Crippen molar-refractivity contribution < 1.29 is 24.9 Å². The van der Waals surface area contributed by atoms with Crippen LogP contribution in [-0.4, -0.2) is 43.9 Å². The van der Waals surface area contributed by atoms with E-state index in [9.17, 15) is 20.1 Å². The average Bonchev–Trinajstić information content (AvgIpc) is 3.15. The second-order valence-corrected chi connectivity index (χ2v) is 9.58. The predicted molar refractivity (Wildman–Crippen MR) is 141 cm³/mol. The Hall–Kier alpha value is -2.87. The normalized spacial score (nSPS) is 12.1. The number of rotatable bonds is 13. The van der Waals surface area contributed by atoms with Gasteiger partial charge in [-0.2, -0.15) is 0 Å². The number of carboxylic acid groups (broad SMARTS) is 1. The lowest BCUT2D eigenvalue weighted by atomic mass is 10.00. The third-order valence-electron chi connectivity index (χ3n) is 6.07. The summed E-state index contributed by atoms with van der Waals surface area (Å²) in [5.74, 6) is -0.217. The van der Waals surface area contributed by atoms with E-state index >= 15 is 0 Å². The van der Waals surface area contributed by atoms with Gasteiger partial charge in [0.25, 0.3) is 0 Å². The number of ether oxygens (including phenoxy) is 1. The first-order valence-electron chi connectivity index (χ1n) is 11.9. The summed E-state index contributed by atoms with van der Waals surface area (Å²) in [7, 11) is 0. The van der Waals surface area contributed by atoms with E-state index in [1.165, 1.54) is 16.7 Å². The van der Waals surface area contributed by atoms with Gasteiger partial charge < -0.3 is 20.1 Å². The van der Waals surface area contributed by atoms with Crippen molar-refractivity contribution in [1.29, 1.82) is 0 Å². The van der Waals surface area contributed by atoms with E-state index in [1.807, 2.05) is 31.2 Å². The first-order valence-corrected chi connectivity index (χ1v) is 12.7. The molecule has 0 saturated carbocycles. The molecule has 0 saturated heterocycles. The standard InChI is InChI=1S/C27H32Cl2N2O5/c1-3-4-11-30(23(16-27(34)35)20-6-7-21(28)22(29)15-20)17-19-5-8-24(18(2)14-19)36-13-12-31-25(32)9-10-26(31)33/h5-10,14-15,23,32-33H,3-4,11-13,16-17H2,1-2H3,(H,34,35). The van der Waals surface area contributed by atoms with E-state index in [1.54, 1.807) is 12.1 Å². The van der Waals surface area contributed by atoms with E-state index in [4.69, 9.17) is 27.9 Å². The van der Waals surface area contributed by atoms with Crippen molar-refractivity contribution in [2.24, 2.45) is 0 Å². The van der Waals surface area contributed by atoms with E-state index in [0.717, 1.165) is 36.1 Å². The molecule has 0 radical (unpaired) electrons. The van der Waals surface area contributed by atoms with Crippen molar-refractivity contribution >= 4 is 29.2 Å². The highest BCUT2D eigenvalue weighted by Crippen LogP contribution is 2.32. The molecule has 1 aromatic heterocycles. The summed E-state index contributed by atoms with van der Waals surface area (Å²) < 4.78 is 7.24. The summed E-state index contributed by atoms with van der Waals surface area (Å²) in [5, 5.41) is 30.0. The number of aromatic nitrogens is 1. The van der Waals surface area contributed by atoms with Gasteiger partial charge in [0.1, 0.15) is 12.4 Å². The molecule has 7 nitrogen and oxygen atoms in total. The molecule has 0 amide bonds. The maximum atomic E-state index is 11.8. The molecule has 2 aromatic carbocycles. The molecular formula is C27H32Cl2N2O5. The van der Waals surface area contributed by atoms with Gasteiger partial charge >= 0.3 is 5.97 Å². The SMILES string of the molecule is CCCCN(Cc1ccc(OCCn2c(O)ccc2O)c(C)c1)C(CC(=O)O)c1ccc(Cl)c(Cl)c1. The van der Waals surface area contributed by atoms with Crippen LogP contribution in [-0.2, 0) is 17.9 Å².